The van der Waals surface area contributed by atoms with Crippen molar-refractivity contribution in [3.8, 4) is 22.3 Å². The van der Waals surface area contributed by atoms with Crippen LogP contribution < -0.4 is 25.6 Å². The lowest BCUT2D eigenvalue weighted by molar-refractivity contribution is -0.154. The second kappa shape index (κ2) is 37.1. The number of rotatable bonds is 28. The SMILES string of the molecule is C=CCOn1cc(C(=O)N[C@H](Cc2ccc(-c3cc(Cl)ccc3F)cc2)C[C@@H](O)C(=O)OCC)nn1.C=CCOn1cc(C(=O)O)nn1.C=CCOn1cc(C(=O)OCC)nn1.CCOC(=O)[C@H](O)C[C@H](N)Cc1ccc(-c2cc(Cl)ccc2F)cc1. The number of ether oxygens (including phenoxy) is 3. The molecule has 0 saturated heterocycles. The molecule has 0 fully saturated rings. The van der Waals surface area contributed by atoms with Crippen molar-refractivity contribution < 1.29 is 76.8 Å². The number of hydrogen-bond acceptors (Lipinski definition) is 20. The highest BCUT2D eigenvalue weighted by molar-refractivity contribution is 6.31. The molecule has 87 heavy (non-hydrogen) atoms. The number of carbonyl (C=O) groups excluding carboxylic acids is 4. The second-order valence-electron chi connectivity index (χ2n) is 17.8. The molecule has 3 aromatic heterocycles. The first-order chi connectivity index (χ1) is 41.7. The van der Waals surface area contributed by atoms with Gasteiger partial charge in [-0.15, -0.1) is 15.3 Å². The van der Waals surface area contributed by atoms with E-state index < -0.39 is 59.9 Å². The van der Waals surface area contributed by atoms with Crippen LogP contribution in [-0.4, -0.2) is 155 Å². The monoisotopic (exact) mass is 1250 g/mol. The quantitative estimate of drug-likeness (QED) is 0.0213. The number of halogens is 4. The Hall–Kier alpha value is -9.41. The topological polar surface area (TPSA) is 332 Å². The summed E-state index contributed by atoms with van der Waals surface area (Å²) in [6.45, 7) is 16.8. The van der Waals surface area contributed by atoms with Gasteiger partial charge in [-0.1, -0.05) is 124 Å². The summed E-state index contributed by atoms with van der Waals surface area (Å²) in [6.07, 6.45) is 6.50. The number of aromatic nitrogens is 9. The van der Waals surface area contributed by atoms with Gasteiger partial charge in [-0.2, -0.15) is 0 Å². The number of benzene rings is 4. The molecule has 0 saturated carbocycles. The lowest BCUT2D eigenvalue weighted by Gasteiger charge is -2.21. The summed E-state index contributed by atoms with van der Waals surface area (Å²) >= 11 is 11.9. The van der Waals surface area contributed by atoms with Gasteiger partial charge in [-0.25, -0.2) is 28.0 Å². The maximum Gasteiger partial charge on any atom is 0.360 e. The molecule has 3 heterocycles. The Kier molecular flexibility index (Phi) is 29.9. The molecular formula is C58H65Cl2F2N11O14. The summed E-state index contributed by atoms with van der Waals surface area (Å²) in [5.41, 5.74) is 9.78. The third-order valence-corrected chi connectivity index (χ3v) is 11.7. The first-order valence-corrected chi connectivity index (χ1v) is 27.2. The van der Waals surface area contributed by atoms with Gasteiger partial charge in [0.15, 0.2) is 29.3 Å². The molecule has 4 aromatic carbocycles. The summed E-state index contributed by atoms with van der Waals surface area (Å²) < 4.78 is 42.5. The third-order valence-electron chi connectivity index (χ3n) is 11.2. The van der Waals surface area contributed by atoms with E-state index >= 15 is 0 Å². The van der Waals surface area contributed by atoms with E-state index in [9.17, 15) is 43.0 Å². The maximum absolute atomic E-state index is 14.2. The fraction of sp³-hybridized carbons (Fsp3) is 0.293. The van der Waals surface area contributed by atoms with E-state index in [2.05, 4.69) is 56.0 Å². The van der Waals surface area contributed by atoms with E-state index in [1.165, 1.54) is 61.1 Å². The van der Waals surface area contributed by atoms with Crippen molar-refractivity contribution >= 4 is 53.0 Å². The number of aliphatic hydroxyl groups excluding tert-OH is 2. The standard InChI is InChI=1S/C25H26ClFN4O5.C19H21ClFNO3.C8H11N3O3.C6H7N3O3/c1-3-11-36-31-15-22(29-30-31)24(33)28-19(14-23(32)25(34)35-4-2)12-16-5-7-17(8-6-16)20-13-18(26)9-10-21(20)27;1-2-25-19(24)18(23)11-15(22)9-12-3-5-13(6-4-12)16-10-14(20)7-8-17(16)21;1-3-5-14-11-6-7(9-10-11)8(12)13-4-2;1-2-3-12-9-4-5(6(10)11)7-8-9/h3,5-10,13,15,19,23,32H,1,4,11-12,14H2,2H3,(H,28,33);3-8,10,15,18,23H,2,9,11,22H2,1H3;3,6H,1,4-5H2,2H3;2,4H,1,3H2,(H,10,11)/t19-,23-;15-,18-;;/m11../s1. The van der Waals surface area contributed by atoms with Crippen molar-refractivity contribution in [2.45, 2.75) is 70.7 Å². The molecule has 0 aliphatic rings. The highest BCUT2D eigenvalue weighted by atomic mass is 35.5. The lowest BCUT2D eigenvalue weighted by atomic mass is 9.97. The van der Waals surface area contributed by atoms with Gasteiger partial charge >= 0.3 is 23.9 Å². The zero-order valence-corrected chi connectivity index (χ0v) is 49.0. The molecule has 464 valence electrons. The predicted octanol–water partition coefficient (Wildman–Crippen LogP) is 6.00. The minimum Gasteiger partial charge on any atom is -0.476 e. The van der Waals surface area contributed by atoms with Crippen molar-refractivity contribution in [1.29, 1.82) is 0 Å². The number of hydrogen-bond donors (Lipinski definition) is 5. The van der Waals surface area contributed by atoms with Crippen LogP contribution in [0.5, 0.6) is 0 Å². The van der Waals surface area contributed by atoms with Crippen molar-refractivity contribution in [1.82, 2.24) is 50.8 Å². The van der Waals surface area contributed by atoms with Crippen LogP contribution in [0.3, 0.4) is 0 Å². The molecule has 0 aliphatic heterocycles. The first kappa shape index (κ1) is 70.1. The number of esters is 3. The van der Waals surface area contributed by atoms with E-state index in [1.54, 1.807) is 69.3 Å². The lowest BCUT2D eigenvalue weighted by Crippen LogP contribution is -2.41. The van der Waals surface area contributed by atoms with Crippen LogP contribution >= 0.6 is 23.2 Å². The highest BCUT2D eigenvalue weighted by Gasteiger charge is 2.26. The van der Waals surface area contributed by atoms with E-state index in [0.717, 1.165) is 25.7 Å². The van der Waals surface area contributed by atoms with Gasteiger partial charge in [-0.05, 0) is 114 Å². The van der Waals surface area contributed by atoms with Crippen LogP contribution in [0, 0.1) is 11.6 Å². The predicted molar refractivity (Wildman–Crippen MR) is 313 cm³/mol. The van der Waals surface area contributed by atoms with E-state index in [4.69, 9.17) is 62.8 Å². The number of nitrogens with one attached hydrogen (secondary N) is 1. The Morgan fingerprint density at radius 3 is 1.43 bits per heavy atom. The van der Waals surface area contributed by atoms with Crippen molar-refractivity contribution in [3.63, 3.8) is 0 Å². The number of carboxylic acids is 1. The molecule has 0 unspecified atom stereocenters. The van der Waals surface area contributed by atoms with Crippen LogP contribution in [0.4, 0.5) is 8.78 Å². The molecule has 29 heteroatoms. The molecule has 7 rings (SSSR count). The Labute approximate surface area is 508 Å². The number of aliphatic hydroxyl groups is 2. The summed E-state index contributed by atoms with van der Waals surface area (Å²) in [5.74, 6) is -4.41. The van der Waals surface area contributed by atoms with E-state index in [1.807, 2.05) is 12.1 Å². The molecule has 0 aliphatic carbocycles. The fourth-order valence-corrected chi connectivity index (χ4v) is 7.59. The van der Waals surface area contributed by atoms with Crippen LogP contribution in [0.25, 0.3) is 22.3 Å². The number of nitrogens with zero attached hydrogens (tertiary/aromatic N) is 9. The van der Waals surface area contributed by atoms with Crippen LogP contribution in [0.1, 0.15) is 76.2 Å². The van der Waals surface area contributed by atoms with Gasteiger partial charge < -0.3 is 55.1 Å². The number of aromatic carboxylic acids is 1. The number of carboxylic acid groups (broad SMARTS) is 1. The average molecular weight is 1250 g/mol. The normalized spacial score (nSPS) is 11.8. The Balaban J connectivity index is 0.000000273. The molecule has 4 atom stereocenters. The minimum absolute atomic E-state index is 0.0125. The number of carbonyl (C=O) groups is 5. The van der Waals surface area contributed by atoms with E-state index in [-0.39, 0.29) is 68.6 Å². The van der Waals surface area contributed by atoms with Crippen LogP contribution in [0.15, 0.2) is 141 Å². The highest BCUT2D eigenvalue weighted by Crippen LogP contribution is 2.28. The Morgan fingerprint density at radius 1 is 0.598 bits per heavy atom. The molecule has 6 N–H and O–H groups in total. The fourth-order valence-electron chi connectivity index (χ4n) is 7.25. The third kappa shape index (κ3) is 24.2. The maximum atomic E-state index is 14.2. The van der Waals surface area contributed by atoms with Gasteiger partial charge in [0.25, 0.3) is 5.91 Å². The summed E-state index contributed by atoms with van der Waals surface area (Å²) in [6, 6.07) is 21.9. The van der Waals surface area contributed by atoms with Crippen molar-refractivity contribution in [2.75, 3.05) is 39.6 Å². The van der Waals surface area contributed by atoms with Gasteiger partial charge in [0.2, 0.25) is 0 Å². The smallest absolute Gasteiger partial charge is 0.360 e. The largest absolute Gasteiger partial charge is 0.476 e. The Bertz CT molecular complexity index is 3350. The van der Waals surface area contributed by atoms with Gasteiger partial charge in [0.1, 0.15) is 50.0 Å². The van der Waals surface area contributed by atoms with E-state index in [0.29, 0.717) is 51.9 Å². The number of nitrogens with two attached hydrogens (primary N) is 1. The second-order valence-corrected chi connectivity index (χ2v) is 18.7. The molecule has 0 spiro atoms. The van der Waals surface area contributed by atoms with Crippen LogP contribution in [-0.2, 0) is 36.6 Å². The van der Waals surface area contributed by atoms with Gasteiger partial charge in [-0.3, -0.25) is 4.79 Å². The first-order valence-electron chi connectivity index (χ1n) is 26.5. The summed E-state index contributed by atoms with van der Waals surface area (Å²) in [4.78, 5) is 75.7. The van der Waals surface area contributed by atoms with Crippen molar-refractivity contribution in [3.05, 3.63) is 191 Å². The molecular weight excluding hydrogens is 1180 g/mol. The molecule has 7 aromatic rings. The summed E-state index contributed by atoms with van der Waals surface area (Å²) in [7, 11) is 0. The van der Waals surface area contributed by atoms with Crippen molar-refractivity contribution in [2.24, 2.45) is 5.73 Å². The molecule has 1 amide bonds. The molecule has 0 radical (unpaired) electrons. The number of amides is 1. The zero-order chi connectivity index (χ0) is 63.8. The van der Waals surface area contributed by atoms with Gasteiger partial charge in [0.05, 0.1) is 19.8 Å². The molecule has 0 bridgehead atoms. The Morgan fingerprint density at radius 2 is 1.00 bits per heavy atom. The van der Waals surface area contributed by atoms with Gasteiger partial charge in [0, 0.05) is 39.7 Å². The van der Waals surface area contributed by atoms with Crippen LogP contribution in [0.2, 0.25) is 10.0 Å². The summed E-state index contributed by atoms with van der Waals surface area (Å²) in [5, 5.41) is 53.4. The zero-order valence-electron chi connectivity index (χ0n) is 47.5. The molecule has 25 nitrogen and oxygen atoms in total. The minimum atomic E-state index is -1.44. The average Bonchev–Trinajstić information content (AvgIpc) is 3.31.